The van der Waals surface area contributed by atoms with Gasteiger partial charge in [0.25, 0.3) is 0 Å². The third-order valence-electron chi connectivity index (χ3n) is 3.20. The Balaban J connectivity index is 1.76. The lowest BCUT2D eigenvalue weighted by Crippen LogP contribution is -2.04. The highest BCUT2D eigenvalue weighted by Gasteiger charge is 2.05. The molecule has 1 N–H and O–H groups in total. The van der Waals surface area contributed by atoms with Crippen LogP contribution in [-0.2, 0) is 6.42 Å². The molecule has 0 amide bonds. The van der Waals surface area contributed by atoms with Gasteiger partial charge < -0.3 is 5.32 Å². The molecule has 0 fully saturated rings. The van der Waals surface area contributed by atoms with Gasteiger partial charge in [-0.05, 0) is 37.6 Å². The molecule has 0 aliphatic rings. The number of fused-ring (bicyclic) bond motifs is 1. The number of pyridine rings is 1. The van der Waals surface area contributed by atoms with Crippen molar-refractivity contribution in [3.05, 3.63) is 58.2 Å². The van der Waals surface area contributed by atoms with Crippen LogP contribution in [0.25, 0.3) is 10.9 Å². The number of aromatic nitrogens is 1. The largest absolute Gasteiger partial charge is 0.384 e. The highest BCUT2D eigenvalue weighted by atomic mass is 32.1. The van der Waals surface area contributed by atoms with Gasteiger partial charge in [0.1, 0.15) is 11.3 Å². The number of aryl methyl sites for hydroxylation is 1. The molecule has 0 radical (unpaired) electrons. The topological polar surface area (TPSA) is 24.9 Å². The first-order valence-electron chi connectivity index (χ1n) is 6.56. The summed E-state index contributed by atoms with van der Waals surface area (Å²) in [5.41, 5.74) is 1.35. The average molecular weight is 286 g/mol. The number of anilines is 1. The third-order valence-corrected chi connectivity index (χ3v) is 4.27. The number of hydrogen-bond acceptors (Lipinski definition) is 3. The van der Waals surface area contributed by atoms with Crippen LogP contribution in [0.2, 0.25) is 0 Å². The zero-order valence-electron chi connectivity index (χ0n) is 11.2. The predicted molar refractivity (Wildman–Crippen MR) is 83.0 cm³/mol. The van der Waals surface area contributed by atoms with Crippen LogP contribution in [0.3, 0.4) is 0 Å². The van der Waals surface area contributed by atoms with Crippen LogP contribution < -0.4 is 5.32 Å². The van der Waals surface area contributed by atoms with Gasteiger partial charge in [-0.2, -0.15) is 0 Å². The monoisotopic (exact) mass is 286 g/mol. The van der Waals surface area contributed by atoms with Gasteiger partial charge in [-0.25, -0.2) is 4.39 Å². The molecule has 3 aromatic rings. The Bertz CT molecular complexity index is 736. The van der Waals surface area contributed by atoms with E-state index in [-0.39, 0.29) is 5.82 Å². The fourth-order valence-electron chi connectivity index (χ4n) is 2.23. The van der Waals surface area contributed by atoms with Gasteiger partial charge in [-0.1, -0.05) is 12.1 Å². The number of para-hydroxylation sites is 1. The van der Waals surface area contributed by atoms with Crippen molar-refractivity contribution in [1.82, 2.24) is 4.98 Å². The summed E-state index contributed by atoms with van der Waals surface area (Å²) in [7, 11) is 0. The van der Waals surface area contributed by atoms with E-state index in [2.05, 4.69) is 29.4 Å². The van der Waals surface area contributed by atoms with Crippen LogP contribution in [0.1, 0.15) is 9.75 Å². The molecule has 0 aliphatic carbocycles. The minimum absolute atomic E-state index is 0.278. The van der Waals surface area contributed by atoms with Gasteiger partial charge in [0.2, 0.25) is 0 Å². The molecule has 4 heteroatoms. The summed E-state index contributed by atoms with van der Waals surface area (Å²) in [5, 5.41) is 4.20. The Hall–Kier alpha value is -1.94. The molecule has 0 unspecified atom stereocenters. The average Bonchev–Trinajstić information content (AvgIpc) is 2.86. The summed E-state index contributed by atoms with van der Waals surface area (Å²) in [6, 6.07) is 11.2. The maximum absolute atomic E-state index is 13.7. The Kier molecular flexibility index (Phi) is 3.65. The maximum Gasteiger partial charge on any atom is 0.149 e. The molecule has 2 nitrogen and oxygen atoms in total. The molecule has 1 aromatic carbocycles. The summed E-state index contributed by atoms with van der Waals surface area (Å²) in [6.07, 6.45) is 2.61. The summed E-state index contributed by atoms with van der Waals surface area (Å²) in [4.78, 5) is 6.79. The molecular formula is C16H15FN2S. The van der Waals surface area contributed by atoms with E-state index < -0.39 is 0 Å². The van der Waals surface area contributed by atoms with Crippen molar-refractivity contribution in [2.45, 2.75) is 13.3 Å². The second-order valence-electron chi connectivity index (χ2n) is 4.68. The normalized spacial score (nSPS) is 10.9. The molecule has 2 heterocycles. The molecule has 102 valence electrons. The summed E-state index contributed by atoms with van der Waals surface area (Å²) in [5.74, 6) is -0.278. The summed E-state index contributed by atoms with van der Waals surface area (Å²) in [6.45, 7) is 2.94. The number of thiophene rings is 1. The van der Waals surface area contributed by atoms with Crippen molar-refractivity contribution in [3.63, 3.8) is 0 Å². The molecule has 0 saturated carbocycles. The van der Waals surface area contributed by atoms with Crippen LogP contribution >= 0.6 is 11.3 Å². The lowest BCUT2D eigenvalue weighted by molar-refractivity contribution is 0.637. The number of benzene rings is 1. The minimum atomic E-state index is -0.278. The van der Waals surface area contributed by atoms with Crippen molar-refractivity contribution in [2.75, 3.05) is 11.9 Å². The zero-order chi connectivity index (χ0) is 13.9. The smallest absolute Gasteiger partial charge is 0.149 e. The van der Waals surface area contributed by atoms with Gasteiger partial charge in [-0.15, -0.1) is 11.3 Å². The van der Waals surface area contributed by atoms with Crippen LogP contribution in [0.5, 0.6) is 0 Å². The van der Waals surface area contributed by atoms with Gasteiger partial charge in [-0.3, -0.25) is 4.98 Å². The summed E-state index contributed by atoms with van der Waals surface area (Å²) < 4.78 is 13.7. The lowest BCUT2D eigenvalue weighted by atomic mass is 10.2. The van der Waals surface area contributed by atoms with Crippen molar-refractivity contribution in [2.24, 2.45) is 0 Å². The first-order valence-corrected chi connectivity index (χ1v) is 7.38. The van der Waals surface area contributed by atoms with E-state index in [1.165, 1.54) is 15.8 Å². The van der Waals surface area contributed by atoms with E-state index in [1.807, 2.05) is 23.5 Å². The minimum Gasteiger partial charge on any atom is -0.384 e. The second kappa shape index (κ2) is 5.59. The first kappa shape index (κ1) is 13.1. The molecule has 0 spiro atoms. The van der Waals surface area contributed by atoms with Crippen LogP contribution in [-0.4, -0.2) is 11.5 Å². The Morgan fingerprint density at radius 1 is 1.20 bits per heavy atom. The number of nitrogens with one attached hydrogen (secondary N) is 1. The molecular weight excluding hydrogens is 271 g/mol. The molecule has 0 saturated heterocycles. The Morgan fingerprint density at radius 3 is 2.90 bits per heavy atom. The number of rotatable bonds is 4. The molecule has 2 aromatic heterocycles. The summed E-state index contributed by atoms with van der Waals surface area (Å²) >= 11 is 1.82. The van der Waals surface area contributed by atoms with Crippen LogP contribution in [0.15, 0.2) is 42.6 Å². The Morgan fingerprint density at radius 2 is 2.10 bits per heavy atom. The maximum atomic E-state index is 13.7. The highest BCUT2D eigenvalue weighted by molar-refractivity contribution is 7.11. The van der Waals surface area contributed by atoms with Gasteiger partial charge in [0, 0.05) is 33.6 Å². The van der Waals surface area contributed by atoms with Gasteiger partial charge in [0.05, 0.1) is 0 Å². The van der Waals surface area contributed by atoms with E-state index in [0.717, 1.165) is 24.0 Å². The standard InChI is InChI=1S/C16H15FN2S/c1-11-5-6-12(20-11)7-9-18-15-8-10-19-16-13(15)3-2-4-14(16)17/h2-6,8,10H,7,9H2,1H3,(H,18,19). The van der Waals surface area contributed by atoms with Crippen molar-refractivity contribution < 1.29 is 4.39 Å². The van der Waals surface area contributed by atoms with Gasteiger partial charge >= 0.3 is 0 Å². The van der Waals surface area contributed by atoms with E-state index >= 15 is 0 Å². The van der Waals surface area contributed by atoms with Gasteiger partial charge in [0.15, 0.2) is 0 Å². The van der Waals surface area contributed by atoms with E-state index in [1.54, 1.807) is 12.3 Å². The number of nitrogens with zero attached hydrogens (tertiary/aromatic N) is 1. The van der Waals surface area contributed by atoms with E-state index in [4.69, 9.17) is 0 Å². The second-order valence-corrected chi connectivity index (χ2v) is 6.06. The Labute approximate surface area is 121 Å². The van der Waals surface area contributed by atoms with Crippen molar-refractivity contribution in [3.8, 4) is 0 Å². The van der Waals surface area contributed by atoms with Crippen molar-refractivity contribution in [1.29, 1.82) is 0 Å². The lowest BCUT2D eigenvalue weighted by Gasteiger charge is -2.09. The van der Waals surface area contributed by atoms with Crippen LogP contribution in [0.4, 0.5) is 10.1 Å². The van der Waals surface area contributed by atoms with Crippen molar-refractivity contribution >= 4 is 27.9 Å². The number of halogens is 1. The molecule has 0 atom stereocenters. The fourth-order valence-corrected chi connectivity index (χ4v) is 3.12. The molecule has 20 heavy (non-hydrogen) atoms. The zero-order valence-corrected chi connectivity index (χ0v) is 12.0. The third kappa shape index (κ3) is 2.65. The van der Waals surface area contributed by atoms with E-state index in [0.29, 0.717) is 5.52 Å². The molecule has 3 rings (SSSR count). The quantitative estimate of drug-likeness (QED) is 0.769. The highest BCUT2D eigenvalue weighted by Crippen LogP contribution is 2.23. The first-order chi connectivity index (χ1) is 9.74. The fraction of sp³-hybridized carbons (Fsp3) is 0.188. The molecule has 0 bridgehead atoms. The SMILES string of the molecule is Cc1ccc(CCNc2ccnc3c(F)cccc23)s1. The predicted octanol–water partition coefficient (Wildman–Crippen LogP) is 4.40. The molecule has 0 aliphatic heterocycles. The van der Waals surface area contributed by atoms with Crippen LogP contribution in [0, 0.1) is 12.7 Å². The van der Waals surface area contributed by atoms with E-state index in [9.17, 15) is 4.39 Å². The number of hydrogen-bond donors (Lipinski definition) is 1.